The summed E-state index contributed by atoms with van der Waals surface area (Å²) in [5.41, 5.74) is 4.12. The fourth-order valence-electron chi connectivity index (χ4n) is 2.23. The van der Waals surface area contributed by atoms with Gasteiger partial charge in [-0.1, -0.05) is 22.0 Å². The Balaban J connectivity index is 2.31. The third-order valence-corrected chi connectivity index (χ3v) is 3.79. The molecule has 0 atom stereocenters. The molecule has 20 heavy (non-hydrogen) atoms. The van der Waals surface area contributed by atoms with Crippen molar-refractivity contribution in [3.05, 3.63) is 45.7 Å². The topological polar surface area (TPSA) is 44.1 Å². The van der Waals surface area contributed by atoms with Gasteiger partial charge in [0, 0.05) is 16.6 Å². The van der Waals surface area contributed by atoms with Gasteiger partial charge in [0.1, 0.15) is 0 Å². The lowest BCUT2D eigenvalue weighted by Crippen LogP contribution is -2.03. The first-order valence-corrected chi connectivity index (χ1v) is 7.20. The predicted octanol–water partition coefficient (Wildman–Crippen LogP) is 3.36. The summed E-state index contributed by atoms with van der Waals surface area (Å²) < 4.78 is 7.61. The van der Waals surface area contributed by atoms with Gasteiger partial charge >= 0.3 is 5.97 Å². The predicted molar refractivity (Wildman–Crippen MR) is 81.1 cm³/mol. The third-order valence-electron chi connectivity index (χ3n) is 3.30. The molecule has 1 heterocycles. The quantitative estimate of drug-likeness (QED) is 0.804. The Morgan fingerprint density at radius 2 is 2.15 bits per heavy atom. The number of ether oxygens (including phenoxy) is 1. The van der Waals surface area contributed by atoms with Crippen LogP contribution in [0.15, 0.2) is 28.7 Å². The number of halogens is 1. The molecule has 1 aromatic heterocycles. The van der Waals surface area contributed by atoms with E-state index in [2.05, 4.69) is 25.8 Å². The van der Waals surface area contributed by atoms with Crippen molar-refractivity contribution < 1.29 is 9.53 Å². The van der Waals surface area contributed by atoms with E-state index in [0.717, 1.165) is 27.1 Å². The van der Waals surface area contributed by atoms with Gasteiger partial charge in [0.2, 0.25) is 0 Å². The zero-order chi connectivity index (χ0) is 14.7. The minimum atomic E-state index is -0.195. The summed E-state index contributed by atoms with van der Waals surface area (Å²) in [6.45, 7) is 3.99. The molecule has 0 saturated carbocycles. The van der Waals surface area contributed by atoms with E-state index < -0.39 is 0 Å². The number of aryl methyl sites for hydroxylation is 1. The highest BCUT2D eigenvalue weighted by atomic mass is 79.9. The molecule has 106 valence electrons. The Hall–Kier alpha value is -1.62. The van der Waals surface area contributed by atoms with E-state index in [1.807, 2.05) is 42.8 Å². The Morgan fingerprint density at radius 1 is 1.40 bits per heavy atom. The lowest BCUT2D eigenvalue weighted by Gasteiger charge is -2.06. The van der Waals surface area contributed by atoms with Crippen LogP contribution in [0.1, 0.15) is 23.4 Å². The Labute approximate surface area is 126 Å². The third kappa shape index (κ3) is 3.10. The first kappa shape index (κ1) is 14.8. The van der Waals surface area contributed by atoms with Gasteiger partial charge in [0.15, 0.2) is 0 Å². The lowest BCUT2D eigenvalue weighted by molar-refractivity contribution is -0.140. The van der Waals surface area contributed by atoms with Crippen molar-refractivity contribution in [2.45, 2.75) is 26.7 Å². The highest BCUT2D eigenvalue weighted by Crippen LogP contribution is 2.21. The average molecular weight is 337 g/mol. The smallest absolute Gasteiger partial charge is 0.305 e. The van der Waals surface area contributed by atoms with Crippen molar-refractivity contribution in [3.63, 3.8) is 0 Å². The maximum Gasteiger partial charge on any atom is 0.305 e. The van der Waals surface area contributed by atoms with Crippen molar-refractivity contribution in [1.82, 2.24) is 9.78 Å². The summed E-state index contributed by atoms with van der Waals surface area (Å²) in [4.78, 5) is 11.3. The van der Waals surface area contributed by atoms with Crippen molar-refractivity contribution in [2.75, 3.05) is 7.11 Å². The number of carbonyl (C=O) groups excluding carboxylic acids is 1. The molecule has 0 aliphatic carbocycles. The van der Waals surface area contributed by atoms with E-state index in [4.69, 9.17) is 0 Å². The maximum atomic E-state index is 11.3. The number of methoxy groups -OCH3 is 1. The first-order chi connectivity index (χ1) is 9.52. The van der Waals surface area contributed by atoms with Gasteiger partial charge in [-0.3, -0.25) is 4.79 Å². The van der Waals surface area contributed by atoms with Crippen LogP contribution in [0.5, 0.6) is 0 Å². The highest BCUT2D eigenvalue weighted by Gasteiger charge is 2.14. The minimum Gasteiger partial charge on any atom is -0.469 e. The molecule has 4 nitrogen and oxygen atoms in total. The van der Waals surface area contributed by atoms with Crippen molar-refractivity contribution in [2.24, 2.45) is 0 Å². The number of benzene rings is 1. The maximum absolute atomic E-state index is 11.3. The van der Waals surface area contributed by atoms with Gasteiger partial charge in [-0.25, -0.2) is 4.68 Å². The second-order valence-electron chi connectivity index (χ2n) is 4.62. The standard InChI is InChI=1S/C15H17BrN2O2/c1-10-14(7-8-15(19)20-3)11(2)18(17-10)13-6-4-5-12(16)9-13/h4-6,9H,7-8H2,1-3H3. The molecule has 0 spiro atoms. The SMILES string of the molecule is COC(=O)CCc1c(C)nn(-c2cccc(Br)c2)c1C. The lowest BCUT2D eigenvalue weighted by atomic mass is 10.1. The molecule has 0 saturated heterocycles. The molecule has 0 bridgehead atoms. The number of hydrogen-bond acceptors (Lipinski definition) is 3. The molecule has 0 aliphatic heterocycles. The molecular formula is C15H17BrN2O2. The molecule has 0 unspecified atom stereocenters. The van der Waals surface area contributed by atoms with E-state index >= 15 is 0 Å². The Kier molecular flexibility index (Phi) is 4.60. The van der Waals surface area contributed by atoms with E-state index in [-0.39, 0.29) is 5.97 Å². The highest BCUT2D eigenvalue weighted by molar-refractivity contribution is 9.10. The first-order valence-electron chi connectivity index (χ1n) is 6.40. The summed E-state index contributed by atoms with van der Waals surface area (Å²) in [5, 5.41) is 4.57. The van der Waals surface area contributed by atoms with Crippen molar-refractivity contribution in [3.8, 4) is 5.69 Å². The number of esters is 1. The van der Waals surface area contributed by atoms with Crippen LogP contribution in [0.4, 0.5) is 0 Å². The van der Waals surface area contributed by atoms with Crippen LogP contribution in [0.3, 0.4) is 0 Å². The average Bonchev–Trinajstić information content (AvgIpc) is 2.71. The van der Waals surface area contributed by atoms with E-state index in [0.29, 0.717) is 12.8 Å². The summed E-state index contributed by atoms with van der Waals surface area (Å²) in [6, 6.07) is 7.98. The molecule has 0 aliphatic rings. The molecule has 0 fully saturated rings. The number of aromatic nitrogens is 2. The fourth-order valence-corrected chi connectivity index (χ4v) is 2.61. The van der Waals surface area contributed by atoms with Gasteiger partial charge < -0.3 is 4.74 Å². The molecule has 5 heteroatoms. The number of hydrogen-bond donors (Lipinski definition) is 0. The Bertz CT molecular complexity index is 635. The molecule has 2 aromatic rings. The minimum absolute atomic E-state index is 0.195. The van der Waals surface area contributed by atoms with Crippen LogP contribution < -0.4 is 0 Å². The van der Waals surface area contributed by atoms with Crippen molar-refractivity contribution >= 4 is 21.9 Å². The summed E-state index contributed by atoms with van der Waals surface area (Å²) in [6.07, 6.45) is 1.03. The van der Waals surface area contributed by atoms with Crippen LogP contribution in [0.2, 0.25) is 0 Å². The van der Waals surface area contributed by atoms with Crippen LogP contribution in [0.25, 0.3) is 5.69 Å². The molecular weight excluding hydrogens is 320 g/mol. The largest absolute Gasteiger partial charge is 0.469 e. The monoisotopic (exact) mass is 336 g/mol. The van der Waals surface area contributed by atoms with Gasteiger partial charge in [-0.2, -0.15) is 5.10 Å². The summed E-state index contributed by atoms with van der Waals surface area (Å²) in [7, 11) is 1.41. The van der Waals surface area contributed by atoms with Gasteiger partial charge in [-0.15, -0.1) is 0 Å². The molecule has 0 amide bonds. The zero-order valence-electron chi connectivity index (χ0n) is 11.8. The van der Waals surface area contributed by atoms with E-state index in [9.17, 15) is 4.79 Å². The second kappa shape index (κ2) is 6.22. The molecule has 1 aromatic carbocycles. The van der Waals surface area contributed by atoms with Crippen LogP contribution >= 0.6 is 15.9 Å². The van der Waals surface area contributed by atoms with Crippen LogP contribution in [-0.4, -0.2) is 22.9 Å². The summed E-state index contributed by atoms with van der Waals surface area (Å²) >= 11 is 3.47. The van der Waals surface area contributed by atoms with Crippen LogP contribution in [0, 0.1) is 13.8 Å². The molecule has 0 N–H and O–H groups in total. The van der Waals surface area contributed by atoms with Crippen molar-refractivity contribution in [1.29, 1.82) is 0 Å². The number of carbonyl (C=O) groups is 1. The fraction of sp³-hybridized carbons (Fsp3) is 0.333. The zero-order valence-corrected chi connectivity index (χ0v) is 13.4. The normalized spacial score (nSPS) is 10.6. The van der Waals surface area contributed by atoms with Crippen LogP contribution in [-0.2, 0) is 16.0 Å². The van der Waals surface area contributed by atoms with E-state index in [1.165, 1.54) is 7.11 Å². The van der Waals surface area contributed by atoms with Gasteiger partial charge in [-0.05, 0) is 44.0 Å². The summed E-state index contributed by atoms with van der Waals surface area (Å²) in [5.74, 6) is -0.195. The molecule has 0 radical (unpaired) electrons. The number of rotatable bonds is 4. The van der Waals surface area contributed by atoms with E-state index in [1.54, 1.807) is 0 Å². The van der Waals surface area contributed by atoms with Gasteiger partial charge in [0.05, 0.1) is 18.5 Å². The Morgan fingerprint density at radius 3 is 2.80 bits per heavy atom. The number of nitrogens with zero attached hydrogens (tertiary/aromatic N) is 2. The van der Waals surface area contributed by atoms with Gasteiger partial charge in [0.25, 0.3) is 0 Å². The second-order valence-corrected chi connectivity index (χ2v) is 5.53. The molecule has 2 rings (SSSR count).